The van der Waals surface area contributed by atoms with Crippen molar-refractivity contribution in [1.82, 2.24) is 4.68 Å². The third-order valence-corrected chi connectivity index (χ3v) is 5.75. The van der Waals surface area contributed by atoms with Crippen LogP contribution in [0.25, 0.3) is 0 Å². The van der Waals surface area contributed by atoms with E-state index in [9.17, 15) is 9.90 Å². The first-order valence-corrected chi connectivity index (χ1v) is 10.5. The summed E-state index contributed by atoms with van der Waals surface area (Å²) in [7, 11) is 1.64. The lowest BCUT2D eigenvalue weighted by Crippen LogP contribution is -2.42. The lowest BCUT2D eigenvalue weighted by molar-refractivity contribution is -0.125. The van der Waals surface area contributed by atoms with Crippen LogP contribution in [0, 0.1) is 6.92 Å². The van der Waals surface area contributed by atoms with Crippen molar-refractivity contribution in [3.63, 3.8) is 0 Å². The zero-order valence-electron chi connectivity index (χ0n) is 18.1. The lowest BCUT2D eigenvalue weighted by Gasteiger charge is -2.27. The molecule has 1 saturated carbocycles. The van der Waals surface area contributed by atoms with E-state index in [2.05, 4.69) is 28.2 Å². The van der Waals surface area contributed by atoms with Gasteiger partial charge in [-0.05, 0) is 52.3 Å². The number of guanidine groups is 1. The summed E-state index contributed by atoms with van der Waals surface area (Å²) in [6.07, 6.45) is 3.08. The third-order valence-electron chi connectivity index (χ3n) is 5.75. The molecule has 30 heavy (non-hydrogen) atoms. The summed E-state index contributed by atoms with van der Waals surface area (Å²) in [5.41, 5.74) is 6.12. The molecule has 1 aliphatic carbocycles. The summed E-state index contributed by atoms with van der Waals surface area (Å²) in [6.45, 7) is 9.19. The summed E-state index contributed by atoms with van der Waals surface area (Å²) in [5.74, 6) is 0.624. The number of carbonyl (C=O) groups excluding carboxylic acids is 1. The highest BCUT2D eigenvalue weighted by Gasteiger charge is 2.30. The molecule has 1 amide bonds. The molecule has 166 valence electrons. The van der Waals surface area contributed by atoms with E-state index in [1.165, 1.54) is 0 Å². The Morgan fingerprint density at radius 3 is 2.80 bits per heavy atom. The van der Waals surface area contributed by atoms with Crippen LogP contribution in [0.2, 0.25) is 0 Å². The Labute approximate surface area is 177 Å². The molecule has 2 N–H and O–H groups in total. The highest BCUT2D eigenvalue weighted by atomic mass is 16.5. The normalized spacial score (nSPS) is 24.1. The molecular formula is C21H33N5O4. The SMILES string of the molecule is C=NC(=N[C@@H](C)COC)Nn1c(C2CCC(O)CC2)cc(N2CCOCC2=O)c1C. The average molecular weight is 420 g/mol. The molecule has 1 aromatic heterocycles. The molecule has 0 aromatic carbocycles. The second-order valence-corrected chi connectivity index (χ2v) is 8.01. The number of anilines is 1. The fourth-order valence-corrected chi connectivity index (χ4v) is 4.18. The van der Waals surface area contributed by atoms with E-state index in [1.54, 1.807) is 12.0 Å². The minimum Gasteiger partial charge on any atom is -0.393 e. The average Bonchev–Trinajstić information content (AvgIpc) is 3.04. The van der Waals surface area contributed by atoms with Crippen LogP contribution in [-0.2, 0) is 14.3 Å². The van der Waals surface area contributed by atoms with Crippen LogP contribution in [0.15, 0.2) is 16.1 Å². The van der Waals surface area contributed by atoms with E-state index < -0.39 is 0 Å². The minimum atomic E-state index is -0.235. The molecule has 1 aromatic rings. The molecule has 3 rings (SSSR count). The van der Waals surface area contributed by atoms with E-state index in [-0.39, 0.29) is 30.6 Å². The fraction of sp³-hybridized carbons (Fsp3) is 0.667. The van der Waals surface area contributed by atoms with E-state index in [0.29, 0.717) is 25.7 Å². The summed E-state index contributed by atoms with van der Waals surface area (Å²) >= 11 is 0. The van der Waals surface area contributed by atoms with Crippen molar-refractivity contribution in [3.8, 4) is 0 Å². The Bertz CT molecular complexity index is 783. The first-order chi connectivity index (χ1) is 14.4. The second kappa shape index (κ2) is 10.2. The summed E-state index contributed by atoms with van der Waals surface area (Å²) in [6, 6.07) is 2.00. The number of aliphatic imine (C=N–C) groups is 2. The van der Waals surface area contributed by atoms with Crippen molar-refractivity contribution in [2.75, 3.05) is 43.8 Å². The van der Waals surface area contributed by atoms with Gasteiger partial charge in [0, 0.05) is 25.3 Å². The number of nitrogens with zero attached hydrogens (tertiary/aromatic N) is 4. The van der Waals surface area contributed by atoms with Crippen molar-refractivity contribution < 1.29 is 19.4 Å². The van der Waals surface area contributed by atoms with Crippen LogP contribution in [-0.4, -0.2) is 74.0 Å². The predicted octanol–water partition coefficient (Wildman–Crippen LogP) is 1.81. The number of rotatable bonds is 6. The van der Waals surface area contributed by atoms with E-state index >= 15 is 0 Å². The molecule has 2 fully saturated rings. The summed E-state index contributed by atoms with van der Waals surface area (Å²) in [5, 5.41) is 9.93. The Morgan fingerprint density at radius 2 is 2.17 bits per heavy atom. The van der Waals surface area contributed by atoms with E-state index in [0.717, 1.165) is 42.8 Å². The van der Waals surface area contributed by atoms with E-state index in [4.69, 9.17) is 9.47 Å². The standard InChI is InChI=1S/C21H33N5O4/c1-14(12-29-4)23-21(22-3)24-26-15(2)18(25-9-10-30-13-20(25)28)11-19(26)16-5-7-17(27)8-6-16/h11,14,16-17,27H,3,5-10,12-13H2,1-2,4H3,(H,23,24)/t14-,16?,17?/m0/s1. The molecule has 2 heterocycles. The number of morpholine rings is 1. The zero-order valence-corrected chi connectivity index (χ0v) is 18.1. The number of aliphatic hydroxyl groups is 1. The molecular weight excluding hydrogens is 386 g/mol. The first kappa shape index (κ1) is 22.5. The van der Waals surface area contributed by atoms with Crippen molar-refractivity contribution in [2.24, 2.45) is 9.98 Å². The molecule has 0 bridgehead atoms. The van der Waals surface area contributed by atoms with Crippen LogP contribution in [0.4, 0.5) is 5.69 Å². The Kier molecular flexibility index (Phi) is 7.63. The molecule has 9 heteroatoms. The molecule has 1 aliphatic heterocycles. The van der Waals surface area contributed by atoms with Crippen molar-refractivity contribution in [3.05, 3.63) is 17.5 Å². The highest BCUT2D eigenvalue weighted by molar-refractivity contribution is 5.96. The van der Waals surface area contributed by atoms with Crippen molar-refractivity contribution >= 4 is 24.3 Å². The van der Waals surface area contributed by atoms with Gasteiger partial charge in [-0.15, -0.1) is 0 Å². The molecule has 1 atom stereocenters. The molecule has 1 saturated heterocycles. The van der Waals surface area contributed by atoms with Crippen LogP contribution in [0.5, 0.6) is 0 Å². The number of hydrogen-bond acceptors (Lipinski definition) is 5. The third kappa shape index (κ3) is 5.08. The second-order valence-electron chi connectivity index (χ2n) is 8.01. The van der Waals surface area contributed by atoms with Gasteiger partial charge in [-0.25, -0.2) is 9.98 Å². The van der Waals surface area contributed by atoms with Gasteiger partial charge in [0.1, 0.15) is 6.61 Å². The van der Waals surface area contributed by atoms with Gasteiger partial charge in [0.15, 0.2) is 0 Å². The molecule has 2 aliphatic rings. The lowest BCUT2D eigenvalue weighted by atomic mass is 9.85. The number of hydrogen-bond donors (Lipinski definition) is 2. The number of methoxy groups -OCH3 is 1. The number of nitrogens with one attached hydrogen (secondary N) is 1. The van der Waals surface area contributed by atoms with Gasteiger partial charge >= 0.3 is 0 Å². The predicted molar refractivity (Wildman–Crippen MR) is 117 cm³/mol. The highest BCUT2D eigenvalue weighted by Crippen LogP contribution is 2.37. The number of amides is 1. The van der Waals surface area contributed by atoms with Crippen molar-refractivity contribution in [2.45, 2.75) is 57.6 Å². The number of aromatic nitrogens is 1. The van der Waals surface area contributed by atoms with Gasteiger partial charge in [0.05, 0.1) is 36.7 Å². The van der Waals surface area contributed by atoms with Crippen LogP contribution < -0.4 is 10.3 Å². The topological polar surface area (TPSA) is 101 Å². The van der Waals surface area contributed by atoms with Gasteiger partial charge in [-0.2, -0.15) is 0 Å². The maximum atomic E-state index is 12.5. The quantitative estimate of drug-likeness (QED) is 0.541. The Morgan fingerprint density at radius 1 is 1.43 bits per heavy atom. The van der Waals surface area contributed by atoms with Gasteiger partial charge in [0.25, 0.3) is 5.91 Å². The largest absolute Gasteiger partial charge is 0.393 e. The monoisotopic (exact) mass is 419 g/mol. The molecule has 0 spiro atoms. The summed E-state index contributed by atoms with van der Waals surface area (Å²) < 4.78 is 12.4. The molecule has 0 radical (unpaired) electrons. The van der Waals surface area contributed by atoms with Gasteiger partial charge in [-0.1, -0.05) is 0 Å². The van der Waals surface area contributed by atoms with Crippen LogP contribution in [0.1, 0.15) is 49.9 Å². The number of ether oxygens (including phenoxy) is 2. The Hall–Kier alpha value is -2.23. The maximum absolute atomic E-state index is 12.5. The zero-order chi connectivity index (χ0) is 21.7. The minimum absolute atomic E-state index is 0.0448. The molecule has 9 nitrogen and oxygen atoms in total. The Balaban J connectivity index is 1.96. The van der Waals surface area contributed by atoms with Crippen LogP contribution in [0.3, 0.4) is 0 Å². The van der Waals surface area contributed by atoms with Gasteiger partial charge in [0.2, 0.25) is 5.96 Å². The van der Waals surface area contributed by atoms with Crippen LogP contribution >= 0.6 is 0 Å². The fourth-order valence-electron chi connectivity index (χ4n) is 4.18. The number of carbonyl (C=O) groups is 1. The number of aliphatic hydroxyl groups excluding tert-OH is 1. The maximum Gasteiger partial charge on any atom is 0.253 e. The first-order valence-electron chi connectivity index (χ1n) is 10.5. The van der Waals surface area contributed by atoms with E-state index in [1.807, 2.05) is 18.5 Å². The summed E-state index contributed by atoms with van der Waals surface area (Å²) in [4.78, 5) is 22.8. The van der Waals surface area contributed by atoms with Crippen molar-refractivity contribution in [1.29, 1.82) is 0 Å². The van der Waals surface area contributed by atoms with Gasteiger partial charge < -0.3 is 19.5 Å². The van der Waals surface area contributed by atoms with Gasteiger partial charge in [-0.3, -0.25) is 14.9 Å². The smallest absolute Gasteiger partial charge is 0.253 e. The molecule has 0 unspecified atom stereocenters.